The van der Waals surface area contributed by atoms with Crippen LogP contribution >= 0.6 is 11.5 Å². The number of hydrogen-bond acceptors (Lipinski definition) is 5. The van der Waals surface area contributed by atoms with Gasteiger partial charge in [-0.15, -0.1) is 0 Å². The zero-order chi connectivity index (χ0) is 22.4. The predicted molar refractivity (Wildman–Crippen MR) is 117 cm³/mol. The van der Waals surface area contributed by atoms with Crippen molar-refractivity contribution >= 4 is 17.4 Å². The number of aryl methyl sites for hydroxylation is 1. The Balaban J connectivity index is 1.63. The van der Waals surface area contributed by atoms with Gasteiger partial charge < -0.3 is 9.47 Å². The van der Waals surface area contributed by atoms with Crippen molar-refractivity contribution in [2.45, 2.75) is 26.4 Å². The normalized spacial score (nSPS) is 15.6. The molecule has 1 amide bonds. The molecule has 2 aromatic carbocycles. The van der Waals surface area contributed by atoms with Crippen LogP contribution in [0.4, 0.5) is 8.78 Å². The molecule has 9 heteroatoms. The second kappa shape index (κ2) is 7.90. The Labute approximate surface area is 187 Å². The first kappa shape index (κ1) is 20.4. The Kier molecular flexibility index (Phi) is 5.05. The summed E-state index contributed by atoms with van der Waals surface area (Å²) in [6, 6.07) is 11.6. The Morgan fingerprint density at radius 1 is 1.06 bits per heavy atom. The van der Waals surface area contributed by atoms with Gasteiger partial charge in [-0.05, 0) is 61.8 Å². The molecule has 0 fully saturated rings. The van der Waals surface area contributed by atoms with Crippen molar-refractivity contribution in [3.63, 3.8) is 0 Å². The molecule has 162 valence electrons. The van der Waals surface area contributed by atoms with Gasteiger partial charge in [0.25, 0.3) is 5.91 Å². The van der Waals surface area contributed by atoms with Crippen LogP contribution in [0.25, 0.3) is 22.1 Å². The van der Waals surface area contributed by atoms with E-state index in [1.807, 2.05) is 18.4 Å². The van der Waals surface area contributed by atoms with E-state index < -0.39 is 5.82 Å². The third-order valence-corrected chi connectivity index (χ3v) is 6.44. The van der Waals surface area contributed by atoms with Gasteiger partial charge in [0.05, 0.1) is 17.4 Å². The second-order valence-corrected chi connectivity index (χ2v) is 8.38. The van der Waals surface area contributed by atoms with E-state index in [1.54, 1.807) is 23.1 Å². The lowest BCUT2D eigenvalue weighted by molar-refractivity contribution is 0.0645. The topological polar surface area (TPSA) is 63.9 Å². The quantitative estimate of drug-likeness (QED) is 0.446. The van der Waals surface area contributed by atoms with E-state index in [2.05, 4.69) is 9.36 Å². The maximum absolute atomic E-state index is 14.8. The number of carbonyl (C=O) groups is 1. The van der Waals surface area contributed by atoms with Crippen LogP contribution in [0.5, 0.6) is 0 Å². The van der Waals surface area contributed by atoms with Gasteiger partial charge in [0, 0.05) is 24.2 Å². The third kappa shape index (κ3) is 3.38. The number of halogens is 2. The minimum Gasteiger partial charge on any atom is -0.329 e. The molecule has 1 aliphatic rings. The summed E-state index contributed by atoms with van der Waals surface area (Å²) in [6.45, 7) is 4.61. The van der Waals surface area contributed by atoms with Crippen molar-refractivity contribution in [3.8, 4) is 22.1 Å². The molecular formula is C23H19F2N5OS. The molecule has 0 radical (unpaired) electrons. The summed E-state index contributed by atoms with van der Waals surface area (Å²) in [5.41, 5.74) is 1.99. The lowest BCUT2D eigenvalue weighted by atomic mass is 10.0. The van der Waals surface area contributed by atoms with Crippen molar-refractivity contribution in [2.24, 2.45) is 0 Å². The molecule has 0 spiro atoms. The van der Waals surface area contributed by atoms with Gasteiger partial charge in [-0.25, -0.2) is 18.7 Å². The molecule has 3 heterocycles. The second-order valence-electron chi connectivity index (χ2n) is 7.63. The molecule has 5 rings (SSSR count). The number of carbonyl (C=O) groups excluding carboxylic acids is 1. The maximum Gasteiger partial charge on any atom is 0.254 e. The molecule has 0 aliphatic carbocycles. The average Bonchev–Trinajstić information content (AvgIpc) is 3.38. The van der Waals surface area contributed by atoms with Crippen LogP contribution in [0.2, 0.25) is 0 Å². The van der Waals surface area contributed by atoms with E-state index in [0.29, 0.717) is 46.6 Å². The monoisotopic (exact) mass is 451 g/mol. The molecule has 1 atom stereocenters. The van der Waals surface area contributed by atoms with Gasteiger partial charge in [0.2, 0.25) is 0 Å². The largest absolute Gasteiger partial charge is 0.329 e. The fourth-order valence-corrected chi connectivity index (χ4v) is 4.77. The Bertz CT molecular complexity index is 1310. The van der Waals surface area contributed by atoms with Gasteiger partial charge in [0.1, 0.15) is 17.5 Å². The Morgan fingerprint density at radius 3 is 2.50 bits per heavy atom. The van der Waals surface area contributed by atoms with Crippen molar-refractivity contribution in [1.29, 1.82) is 0 Å². The highest BCUT2D eigenvalue weighted by Gasteiger charge is 2.35. The fourth-order valence-electron chi connectivity index (χ4n) is 4.10. The summed E-state index contributed by atoms with van der Waals surface area (Å²) in [6.07, 6.45) is 0. The summed E-state index contributed by atoms with van der Waals surface area (Å²) in [5.74, 6) is 0.266. The van der Waals surface area contributed by atoms with Gasteiger partial charge >= 0.3 is 0 Å². The Hall–Kier alpha value is -3.46. The summed E-state index contributed by atoms with van der Waals surface area (Å²) >= 11 is 1.24. The minimum absolute atomic E-state index is 0.210. The molecule has 0 saturated heterocycles. The standard InChI is InChI=1S/C23H19F2N5OS/c1-13-20-19(17-5-3-4-6-18(17)25)27-21(22-26-14(2)28-32-22)30(20)12-11-29(13)23(31)15-7-9-16(24)10-8-15/h3-10,13H,11-12H2,1-2H3/t13-/m1/s1. The van der Waals surface area contributed by atoms with E-state index in [-0.39, 0.29) is 17.8 Å². The van der Waals surface area contributed by atoms with Crippen LogP contribution in [0, 0.1) is 18.6 Å². The Morgan fingerprint density at radius 2 is 1.81 bits per heavy atom. The van der Waals surface area contributed by atoms with E-state index in [1.165, 1.54) is 41.9 Å². The number of imidazole rings is 1. The van der Waals surface area contributed by atoms with E-state index in [4.69, 9.17) is 4.98 Å². The highest BCUT2D eigenvalue weighted by atomic mass is 32.1. The van der Waals surface area contributed by atoms with Gasteiger partial charge in [-0.1, -0.05) is 12.1 Å². The van der Waals surface area contributed by atoms with Crippen molar-refractivity contribution < 1.29 is 13.6 Å². The predicted octanol–water partition coefficient (Wildman–Crippen LogP) is 4.87. The van der Waals surface area contributed by atoms with Crippen LogP contribution in [0.1, 0.15) is 34.8 Å². The number of fused-ring (bicyclic) bond motifs is 1. The molecule has 2 aromatic heterocycles. The highest BCUT2D eigenvalue weighted by Crippen LogP contribution is 2.39. The van der Waals surface area contributed by atoms with Crippen LogP contribution in [-0.2, 0) is 6.54 Å². The number of aromatic nitrogens is 4. The minimum atomic E-state index is -0.398. The van der Waals surface area contributed by atoms with E-state index >= 15 is 0 Å². The number of benzene rings is 2. The van der Waals surface area contributed by atoms with Gasteiger partial charge in [0.15, 0.2) is 10.8 Å². The summed E-state index contributed by atoms with van der Waals surface area (Å²) in [7, 11) is 0. The molecule has 32 heavy (non-hydrogen) atoms. The van der Waals surface area contributed by atoms with Gasteiger partial charge in [-0.3, -0.25) is 4.79 Å². The zero-order valence-corrected chi connectivity index (χ0v) is 18.2. The molecule has 4 aromatic rings. The highest BCUT2D eigenvalue weighted by molar-refractivity contribution is 7.09. The fraction of sp³-hybridized carbons (Fsp3) is 0.217. The lowest BCUT2D eigenvalue weighted by Gasteiger charge is -2.35. The maximum atomic E-state index is 14.8. The molecule has 1 aliphatic heterocycles. The molecular weight excluding hydrogens is 432 g/mol. The molecule has 0 bridgehead atoms. The van der Waals surface area contributed by atoms with E-state index in [0.717, 1.165) is 5.69 Å². The van der Waals surface area contributed by atoms with Crippen molar-refractivity contribution in [1.82, 2.24) is 23.8 Å². The zero-order valence-electron chi connectivity index (χ0n) is 17.4. The van der Waals surface area contributed by atoms with Crippen LogP contribution in [-0.4, -0.2) is 36.3 Å². The van der Waals surface area contributed by atoms with Gasteiger partial charge in [-0.2, -0.15) is 4.37 Å². The number of rotatable bonds is 3. The molecule has 0 N–H and O–H groups in total. The van der Waals surface area contributed by atoms with Crippen LogP contribution in [0.15, 0.2) is 48.5 Å². The third-order valence-electron chi connectivity index (χ3n) is 5.63. The van der Waals surface area contributed by atoms with E-state index in [9.17, 15) is 13.6 Å². The van der Waals surface area contributed by atoms with Crippen LogP contribution < -0.4 is 0 Å². The summed E-state index contributed by atoms with van der Waals surface area (Å²) < 4.78 is 34.3. The summed E-state index contributed by atoms with van der Waals surface area (Å²) in [4.78, 5) is 24.2. The smallest absolute Gasteiger partial charge is 0.254 e. The van der Waals surface area contributed by atoms with Crippen molar-refractivity contribution in [3.05, 3.63) is 77.2 Å². The summed E-state index contributed by atoms with van der Waals surface area (Å²) in [5, 5.41) is 0.650. The number of amides is 1. The SMILES string of the molecule is Cc1nsc(-c2nc(-c3ccccc3F)c3n2CCN(C(=O)c2ccc(F)cc2)[C@@H]3C)n1. The lowest BCUT2D eigenvalue weighted by Crippen LogP contribution is -2.41. The van der Waals surface area contributed by atoms with Crippen molar-refractivity contribution in [2.75, 3.05) is 6.54 Å². The first-order valence-corrected chi connectivity index (χ1v) is 10.9. The van der Waals surface area contributed by atoms with Crippen LogP contribution in [0.3, 0.4) is 0 Å². The molecule has 6 nitrogen and oxygen atoms in total. The molecule has 0 unspecified atom stereocenters. The first-order valence-electron chi connectivity index (χ1n) is 10.2. The average molecular weight is 452 g/mol. The molecule has 0 saturated carbocycles. The first-order chi connectivity index (χ1) is 15.4. The number of nitrogens with zero attached hydrogens (tertiary/aromatic N) is 5. The number of hydrogen-bond donors (Lipinski definition) is 0.